The number of aromatic nitrogens is 1. The number of carbonyl (C=O) groups excluding carboxylic acids is 2. The molecular weight excluding hydrogens is 429 g/mol. The topological polar surface area (TPSA) is 107 Å². The summed E-state index contributed by atoms with van der Waals surface area (Å²) in [7, 11) is 0. The molecule has 3 aliphatic rings. The number of primary amides is 1. The number of ether oxygens (including phenoxy) is 2. The minimum absolute atomic E-state index is 0.000532. The highest BCUT2D eigenvalue weighted by Crippen LogP contribution is 2.58. The van der Waals surface area contributed by atoms with Gasteiger partial charge in [-0.2, -0.15) is 13.2 Å². The van der Waals surface area contributed by atoms with E-state index >= 15 is 0 Å². The lowest BCUT2D eigenvalue weighted by molar-refractivity contribution is -0.174. The van der Waals surface area contributed by atoms with Crippen LogP contribution in [0, 0.1) is 5.41 Å². The number of hydrogen-bond acceptors (Lipinski definition) is 6. The predicted molar refractivity (Wildman–Crippen MR) is 106 cm³/mol. The Bertz CT molecular complexity index is 909. The molecule has 2 aliphatic carbocycles. The van der Waals surface area contributed by atoms with Crippen molar-refractivity contribution in [1.82, 2.24) is 15.2 Å². The molecule has 2 saturated carbocycles. The zero-order valence-electron chi connectivity index (χ0n) is 17.4. The molecule has 4 rings (SSSR count). The van der Waals surface area contributed by atoms with Gasteiger partial charge in [-0.1, -0.05) is 6.58 Å². The van der Waals surface area contributed by atoms with Gasteiger partial charge in [-0.05, 0) is 49.7 Å². The van der Waals surface area contributed by atoms with Gasteiger partial charge in [0.05, 0.1) is 0 Å². The largest absolute Gasteiger partial charge is 0.474 e. The first kappa shape index (κ1) is 22.4. The summed E-state index contributed by atoms with van der Waals surface area (Å²) in [4.78, 5) is 29.9. The van der Waals surface area contributed by atoms with E-state index in [2.05, 4.69) is 21.6 Å². The van der Waals surface area contributed by atoms with Gasteiger partial charge in [0.2, 0.25) is 5.88 Å². The number of carbonyl (C=O) groups is 2. The molecule has 1 atom stereocenters. The average molecular weight is 454 g/mol. The number of nitrogens with one attached hydrogen (secondary N) is 1. The van der Waals surface area contributed by atoms with Crippen LogP contribution in [-0.2, 0) is 9.53 Å². The Morgan fingerprint density at radius 2 is 2.06 bits per heavy atom. The van der Waals surface area contributed by atoms with Crippen LogP contribution in [0.15, 0.2) is 30.7 Å². The van der Waals surface area contributed by atoms with Crippen LogP contribution in [0.5, 0.6) is 5.88 Å². The van der Waals surface area contributed by atoms with E-state index in [4.69, 9.17) is 10.5 Å². The Morgan fingerprint density at radius 1 is 1.34 bits per heavy atom. The van der Waals surface area contributed by atoms with Gasteiger partial charge in [-0.25, -0.2) is 4.98 Å². The van der Waals surface area contributed by atoms with Gasteiger partial charge in [0.1, 0.15) is 30.1 Å². The van der Waals surface area contributed by atoms with Crippen molar-refractivity contribution in [3.63, 3.8) is 0 Å². The third-order valence-corrected chi connectivity index (χ3v) is 6.32. The van der Waals surface area contributed by atoms with E-state index < -0.39 is 24.7 Å². The Hall–Kier alpha value is -2.82. The summed E-state index contributed by atoms with van der Waals surface area (Å²) < 4.78 is 47.0. The number of nitrogens with zero attached hydrogens (tertiary/aromatic N) is 2. The second kappa shape index (κ2) is 8.27. The number of hydrogen-bond donors (Lipinski definition) is 2. The first-order valence-corrected chi connectivity index (χ1v) is 10.4. The third-order valence-electron chi connectivity index (χ3n) is 6.32. The molecule has 8 nitrogen and oxygen atoms in total. The van der Waals surface area contributed by atoms with Crippen molar-refractivity contribution in [3.8, 4) is 5.88 Å². The van der Waals surface area contributed by atoms with Crippen LogP contribution < -0.4 is 15.8 Å². The molecule has 0 radical (unpaired) electrons. The molecule has 11 heteroatoms. The Kier molecular flexibility index (Phi) is 5.78. The van der Waals surface area contributed by atoms with Crippen molar-refractivity contribution in [2.45, 2.75) is 56.5 Å². The molecule has 1 spiro atoms. The molecular formula is C21H25F3N4O4. The maximum absolute atomic E-state index is 12.7. The molecule has 1 unspecified atom stereocenters. The molecule has 3 N–H and O–H groups in total. The molecule has 174 valence electrons. The predicted octanol–water partition coefficient (Wildman–Crippen LogP) is 2.11. The van der Waals surface area contributed by atoms with Gasteiger partial charge in [0, 0.05) is 18.8 Å². The lowest BCUT2D eigenvalue weighted by Gasteiger charge is -2.58. The quantitative estimate of drug-likeness (QED) is 0.583. The smallest absolute Gasteiger partial charge is 0.411 e. The van der Waals surface area contributed by atoms with Crippen LogP contribution in [0.2, 0.25) is 0 Å². The second-order valence-electron chi connectivity index (χ2n) is 8.74. The first-order chi connectivity index (χ1) is 15.1. The van der Waals surface area contributed by atoms with Crippen LogP contribution in [-0.4, -0.2) is 59.3 Å². The van der Waals surface area contributed by atoms with Crippen molar-refractivity contribution in [2.75, 3.05) is 13.2 Å². The Morgan fingerprint density at radius 3 is 2.72 bits per heavy atom. The van der Waals surface area contributed by atoms with Crippen LogP contribution in [0.3, 0.4) is 0 Å². The van der Waals surface area contributed by atoms with E-state index in [-0.39, 0.29) is 47.9 Å². The van der Waals surface area contributed by atoms with Crippen molar-refractivity contribution in [2.24, 2.45) is 11.1 Å². The van der Waals surface area contributed by atoms with Crippen molar-refractivity contribution in [1.29, 1.82) is 0 Å². The normalized spacial score (nSPS) is 29.5. The van der Waals surface area contributed by atoms with Crippen LogP contribution in [0.25, 0.3) is 0 Å². The Labute approximate surface area is 182 Å². The average Bonchev–Trinajstić information content (AvgIpc) is 2.93. The summed E-state index contributed by atoms with van der Waals surface area (Å²) in [5, 5.41) is 2.97. The first-order valence-electron chi connectivity index (χ1n) is 10.4. The van der Waals surface area contributed by atoms with E-state index in [0.29, 0.717) is 5.82 Å². The van der Waals surface area contributed by atoms with Gasteiger partial charge < -0.3 is 20.5 Å². The molecule has 1 saturated heterocycles. The molecule has 2 amide bonds. The van der Waals surface area contributed by atoms with E-state index in [1.807, 2.05) is 0 Å². The number of amides is 2. The van der Waals surface area contributed by atoms with Crippen molar-refractivity contribution < 1.29 is 32.2 Å². The van der Waals surface area contributed by atoms with E-state index in [0.717, 1.165) is 25.7 Å². The summed E-state index contributed by atoms with van der Waals surface area (Å²) in [6.45, 7) is 2.40. The second-order valence-corrected chi connectivity index (χ2v) is 8.74. The minimum atomic E-state index is -4.38. The summed E-state index contributed by atoms with van der Waals surface area (Å²) in [5.41, 5.74) is 5.68. The SMILES string of the molecule is C=C1NC(CCOCC(F)(F)F)C(=O)N1C1CC2(CC(Oc3ncccc3C(N)=O)C2)C1. The molecule has 3 fully saturated rings. The van der Waals surface area contributed by atoms with Crippen LogP contribution in [0.1, 0.15) is 42.5 Å². The highest BCUT2D eigenvalue weighted by molar-refractivity contribution is 5.94. The highest BCUT2D eigenvalue weighted by Gasteiger charge is 2.57. The monoisotopic (exact) mass is 454 g/mol. The minimum Gasteiger partial charge on any atom is -0.474 e. The van der Waals surface area contributed by atoms with Gasteiger partial charge in [-0.15, -0.1) is 0 Å². The summed E-state index contributed by atoms with van der Waals surface area (Å²) in [6, 6.07) is 2.57. The number of nitrogens with two attached hydrogens (primary N) is 1. The molecule has 1 aliphatic heterocycles. The molecule has 32 heavy (non-hydrogen) atoms. The van der Waals surface area contributed by atoms with E-state index in [9.17, 15) is 22.8 Å². The fraction of sp³-hybridized carbons (Fsp3) is 0.571. The maximum Gasteiger partial charge on any atom is 0.411 e. The molecule has 1 aromatic heterocycles. The zero-order chi connectivity index (χ0) is 23.1. The zero-order valence-corrected chi connectivity index (χ0v) is 17.4. The number of rotatable bonds is 8. The molecule has 0 aromatic carbocycles. The van der Waals surface area contributed by atoms with E-state index in [1.54, 1.807) is 17.0 Å². The molecule has 2 heterocycles. The standard InChI is InChI=1S/C21H25F3N4O4/c1-12-27-16(4-6-31-11-21(22,23)24)19(30)28(12)13-7-20(8-13)9-14(10-20)32-18-15(17(25)29)3-2-5-26-18/h2-3,5,13-14,16,27H,1,4,6-11H2,(H2,25,29). The number of alkyl halides is 3. The van der Waals surface area contributed by atoms with Crippen LogP contribution >= 0.6 is 0 Å². The molecule has 1 aromatic rings. The third kappa shape index (κ3) is 4.52. The summed E-state index contributed by atoms with van der Waals surface area (Å²) >= 11 is 0. The van der Waals surface area contributed by atoms with Crippen molar-refractivity contribution >= 4 is 11.8 Å². The summed E-state index contributed by atoms with van der Waals surface area (Å²) in [5.74, 6) is -0.0686. The van der Waals surface area contributed by atoms with Gasteiger partial charge in [0.15, 0.2) is 0 Å². The highest BCUT2D eigenvalue weighted by atomic mass is 19.4. The number of pyridine rings is 1. The van der Waals surface area contributed by atoms with Gasteiger partial charge in [-0.3, -0.25) is 14.5 Å². The fourth-order valence-corrected chi connectivity index (χ4v) is 4.89. The van der Waals surface area contributed by atoms with Crippen molar-refractivity contribution in [3.05, 3.63) is 36.3 Å². The van der Waals surface area contributed by atoms with Gasteiger partial charge in [0.25, 0.3) is 11.8 Å². The lowest BCUT2D eigenvalue weighted by atomic mass is 9.52. The summed E-state index contributed by atoms with van der Waals surface area (Å²) in [6.07, 6.45) is 0.388. The van der Waals surface area contributed by atoms with Crippen LogP contribution in [0.4, 0.5) is 13.2 Å². The van der Waals surface area contributed by atoms with Gasteiger partial charge >= 0.3 is 6.18 Å². The maximum atomic E-state index is 12.7. The Balaban J connectivity index is 1.23. The number of halogens is 3. The fourth-order valence-electron chi connectivity index (χ4n) is 4.89. The van der Waals surface area contributed by atoms with E-state index in [1.165, 1.54) is 6.20 Å². The molecule has 0 bridgehead atoms. The lowest BCUT2D eigenvalue weighted by Crippen LogP contribution is -2.59.